The first-order chi connectivity index (χ1) is 14.5. The Morgan fingerprint density at radius 3 is 2.57 bits per heavy atom. The number of tetrazole rings is 1. The maximum absolute atomic E-state index is 12.3. The van der Waals surface area contributed by atoms with Gasteiger partial charge >= 0.3 is 5.69 Å². The molecule has 4 rings (SSSR count). The maximum atomic E-state index is 12.3. The average Bonchev–Trinajstić information content (AvgIpc) is 3.05. The van der Waals surface area contributed by atoms with Crippen LogP contribution in [0.1, 0.15) is 23.6 Å². The van der Waals surface area contributed by atoms with E-state index in [1.807, 2.05) is 25.1 Å². The Kier molecular flexibility index (Phi) is 5.22. The molecule has 1 aromatic heterocycles. The Morgan fingerprint density at radius 2 is 1.93 bits per heavy atom. The van der Waals surface area contributed by atoms with Crippen molar-refractivity contribution >= 4 is 11.8 Å². The van der Waals surface area contributed by atoms with E-state index in [0.717, 1.165) is 29.0 Å². The molecule has 2 heterocycles. The fraction of sp³-hybridized carbons (Fsp3) is 0.273. The zero-order chi connectivity index (χ0) is 21.3. The van der Waals surface area contributed by atoms with Gasteiger partial charge in [0.25, 0.3) is 0 Å². The Balaban J connectivity index is 1.60. The van der Waals surface area contributed by atoms with E-state index in [-0.39, 0.29) is 12.3 Å². The number of hydrogen-bond acceptors (Lipinski definition) is 5. The van der Waals surface area contributed by atoms with Crippen molar-refractivity contribution in [3.8, 4) is 17.2 Å². The topological polar surface area (TPSA) is 74.2 Å². The van der Waals surface area contributed by atoms with E-state index in [0.29, 0.717) is 11.4 Å². The molecular weight excluding hydrogens is 382 g/mol. The molecule has 0 spiro atoms. The van der Waals surface area contributed by atoms with Crippen LogP contribution in [-0.2, 0) is 13.7 Å². The molecule has 30 heavy (non-hydrogen) atoms. The number of benzene rings is 2. The summed E-state index contributed by atoms with van der Waals surface area (Å²) in [5.41, 5.74) is 4.37. The highest BCUT2D eigenvalue weighted by molar-refractivity contribution is 6.10. The highest BCUT2D eigenvalue weighted by Crippen LogP contribution is 2.29. The van der Waals surface area contributed by atoms with Crippen LogP contribution < -0.4 is 15.2 Å². The molecule has 0 radical (unpaired) electrons. The zero-order valence-corrected chi connectivity index (χ0v) is 17.5. The van der Waals surface area contributed by atoms with Gasteiger partial charge in [-0.15, -0.1) is 0 Å². The zero-order valence-electron chi connectivity index (χ0n) is 17.5. The molecular formula is C22H24N5O3+. The summed E-state index contributed by atoms with van der Waals surface area (Å²) in [6.45, 7) is 5.33. The molecule has 0 amide bonds. The second-order valence-corrected chi connectivity index (χ2v) is 7.07. The van der Waals surface area contributed by atoms with E-state index < -0.39 is 0 Å². The van der Waals surface area contributed by atoms with Crippen molar-refractivity contribution in [3.05, 3.63) is 69.8 Å². The first-order valence-electron chi connectivity index (χ1n) is 9.73. The fourth-order valence-electron chi connectivity index (χ4n) is 3.37. The van der Waals surface area contributed by atoms with E-state index in [4.69, 9.17) is 9.47 Å². The molecule has 0 aliphatic carbocycles. The first kappa shape index (κ1) is 19.6. The predicted octanol–water partition coefficient (Wildman–Crippen LogP) is 2.32. The lowest BCUT2D eigenvalue weighted by Crippen LogP contribution is -2.23. The highest BCUT2D eigenvalue weighted by atomic mass is 16.5. The lowest BCUT2D eigenvalue weighted by atomic mass is 10.0. The number of ether oxygens (including phenoxy) is 2. The highest BCUT2D eigenvalue weighted by Gasteiger charge is 2.19. The van der Waals surface area contributed by atoms with E-state index in [1.165, 1.54) is 14.9 Å². The van der Waals surface area contributed by atoms with Crippen molar-refractivity contribution in [1.29, 1.82) is 0 Å². The van der Waals surface area contributed by atoms with E-state index in [1.54, 1.807) is 26.3 Å². The summed E-state index contributed by atoms with van der Waals surface area (Å²) in [6, 6.07) is 11.6. The van der Waals surface area contributed by atoms with Gasteiger partial charge in [0.05, 0.1) is 18.4 Å². The molecule has 8 nitrogen and oxygen atoms in total. The normalized spacial score (nSPS) is 12.8. The summed E-state index contributed by atoms with van der Waals surface area (Å²) >= 11 is 0. The van der Waals surface area contributed by atoms with Crippen LogP contribution >= 0.6 is 0 Å². The number of allylic oxidation sites excluding steroid dienone is 1. The van der Waals surface area contributed by atoms with E-state index in [2.05, 4.69) is 40.4 Å². The minimum Gasteiger partial charge on any atom is -0.496 e. The molecule has 1 aliphatic rings. The molecule has 8 heteroatoms. The van der Waals surface area contributed by atoms with Crippen molar-refractivity contribution in [2.75, 3.05) is 13.7 Å². The lowest BCUT2D eigenvalue weighted by molar-refractivity contribution is -0.454. The minimum atomic E-state index is -0.337. The minimum absolute atomic E-state index is 0.223. The Labute approximate surface area is 174 Å². The molecule has 0 N–H and O–H groups in total. The summed E-state index contributed by atoms with van der Waals surface area (Å²) in [7, 11) is 3.15. The van der Waals surface area contributed by atoms with Crippen molar-refractivity contribution in [1.82, 2.24) is 19.8 Å². The van der Waals surface area contributed by atoms with Gasteiger partial charge in [0.15, 0.2) is 12.4 Å². The second kappa shape index (κ2) is 7.98. The Bertz CT molecular complexity index is 1220. The number of nitrogens with zero attached hydrogens (tertiary/aromatic N) is 5. The second-order valence-electron chi connectivity index (χ2n) is 7.07. The van der Waals surface area contributed by atoms with Crippen LogP contribution in [0.4, 0.5) is 0 Å². The monoisotopic (exact) mass is 406 g/mol. The summed E-state index contributed by atoms with van der Waals surface area (Å²) in [5, 5.41) is 7.74. The molecule has 0 unspecified atom stereocenters. The number of hydrogen-bond donors (Lipinski definition) is 0. The number of aromatic nitrogens is 4. The van der Waals surface area contributed by atoms with Crippen LogP contribution in [0, 0.1) is 6.92 Å². The van der Waals surface area contributed by atoms with E-state index >= 15 is 0 Å². The standard InChI is InChI=1S/C22H24N5O3/c1-5-26-12-17(13-26)16-9-10-20(15(2)11-16)30-14-18-19(7-6-8-21(18)29-4)27-22(28)25(3)23-24-27/h6-13H,5,14H2,1-4H3/q+1. The smallest absolute Gasteiger partial charge is 0.368 e. The number of aryl methyl sites for hydroxylation is 2. The summed E-state index contributed by atoms with van der Waals surface area (Å²) in [6.07, 6.45) is 4.27. The van der Waals surface area contributed by atoms with Crippen LogP contribution in [0.15, 0.2) is 47.4 Å². The van der Waals surface area contributed by atoms with Gasteiger partial charge in [-0.05, 0) is 59.7 Å². The molecule has 0 atom stereocenters. The quantitative estimate of drug-likeness (QED) is 0.563. The largest absolute Gasteiger partial charge is 0.496 e. The third-order valence-corrected chi connectivity index (χ3v) is 5.13. The van der Waals surface area contributed by atoms with E-state index in [9.17, 15) is 4.79 Å². The molecule has 3 aromatic rings. The molecule has 0 saturated heterocycles. The van der Waals surface area contributed by atoms with Gasteiger partial charge in [0.1, 0.15) is 30.2 Å². The van der Waals surface area contributed by atoms with Gasteiger partial charge in [-0.25, -0.2) is 9.37 Å². The molecule has 1 aliphatic heterocycles. The molecule has 0 saturated carbocycles. The van der Waals surface area contributed by atoms with Gasteiger partial charge < -0.3 is 9.47 Å². The van der Waals surface area contributed by atoms with Crippen LogP contribution in [0.5, 0.6) is 11.5 Å². The van der Waals surface area contributed by atoms with Gasteiger partial charge in [0, 0.05) is 7.05 Å². The third kappa shape index (κ3) is 3.52. The van der Waals surface area contributed by atoms with Crippen LogP contribution in [0.2, 0.25) is 0 Å². The SMILES string of the molecule is CC[N+]1=CC(c2ccc(OCc3c(OC)cccc3-n3nnn(C)c3=O)c(C)c2)=C1. The Hall–Kier alpha value is -3.68. The van der Waals surface area contributed by atoms with Crippen LogP contribution in [0.3, 0.4) is 0 Å². The third-order valence-electron chi connectivity index (χ3n) is 5.13. The van der Waals surface area contributed by atoms with Crippen molar-refractivity contribution in [3.63, 3.8) is 0 Å². The van der Waals surface area contributed by atoms with Gasteiger partial charge in [-0.1, -0.05) is 12.1 Å². The number of methoxy groups -OCH3 is 1. The molecule has 0 bridgehead atoms. The molecule has 2 aromatic carbocycles. The average molecular weight is 406 g/mol. The predicted molar refractivity (Wildman–Crippen MR) is 114 cm³/mol. The summed E-state index contributed by atoms with van der Waals surface area (Å²) in [4.78, 5) is 12.3. The molecule has 154 valence electrons. The number of rotatable bonds is 7. The van der Waals surface area contributed by atoms with Crippen LogP contribution in [0.25, 0.3) is 11.3 Å². The summed E-state index contributed by atoms with van der Waals surface area (Å²) in [5.74, 6) is 1.39. The van der Waals surface area contributed by atoms with Crippen LogP contribution in [-0.4, -0.2) is 44.2 Å². The molecule has 0 fully saturated rings. The van der Waals surface area contributed by atoms with Crippen molar-refractivity contribution in [2.45, 2.75) is 20.5 Å². The van der Waals surface area contributed by atoms with Gasteiger partial charge in [0.2, 0.25) is 0 Å². The fourth-order valence-corrected chi connectivity index (χ4v) is 3.37. The Morgan fingerprint density at radius 1 is 1.13 bits per heavy atom. The maximum Gasteiger partial charge on any atom is 0.368 e. The first-order valence-corrected chi connectivity index (χ1v) is 9.73. The van der Waals surface area contributed by atoms with Crippen molar-refractivity contribution < 1.29 is 14.0 Å². The van der Waals surface area contributed by atoms with Gasteiger partial charge in [-0.3, -0.25) is 0 Å². The van der Waals surface area contributed by atoms with Gasteiger partial charge in [-0.2, -0.15) is 9.36 Å². The lowest BCUT2D eigenvalue weighted by Gasteiger charge is -2.16. The summed E-state index contributed by atoms with van der Waals surface area (Å²) < 4.78 is 16.2. The van der Waals surface area contributed by atoms with Crippen molar-refractivity contribution in [2.24, 2.45) is 7.05 Å².